The Morgan fingerprint density at radius 1 is 1.28 bits per heavy atom. The second kappa shape index (κ2) is 8.75. The van der Waals surface area contributed by atoms with Crippen LogP contribution < -0.4 is 5.32 Å². The molecule has 1 amide bonds. The summed E-state index contributed by atoms with van der Waals surface area (Å²) in [5.41, 5.74) is 1.26. The summed E-state index contributed by atoms with van der Waals surface area (Å²) in [6.45, 7) is 3.88. The van der Waals surface area contributed by atoms with Crippen LogP contribution in [0.25, 0.3) is 0 Å². The van der Waals surface area contributed by atoms with Crippen molar-refractivity contribution in [3.63, 3.8) is 0 Å². The Bertz CT molecular complexity index is 668. The van der Waals surface area contributed by atoms with Gasteiger partial charge in [0.2, 0.25) is 0 Å². The first-order valence-corrected chi connectivity index (χ1v) is 8.46. The monoisotopic (exact) mass is 345 g/mol. The number of aliphatic hydroxyl groups is 1. The van der Waals surface area contributed by atoms with Gasteiger partial charge in [0.15, 0.2) is 11.5 Å². The van der Waals surface area contributed by atoms with E-state index in [4.69, 9.17) is 9.26 Å². The number of rotatable bonds is 7. The highest BCUT2D eigenvalue weighted by molar-refractivity contribution is 5.92. The van der Waals surface area contributed by atoms with Gasteiger partial charge in [0.05, 0.1) is 25.9 Å². The van der Waals surface area contributed by atoms with Crippen molar-refractivity contribution in [3.8, 4) is 0 Å². The molecule has 1 aromatic heterocycles. The first-order valence-electron chi connectivity index (χ1n) is 8.46. The lowest BCUT2D eigenvalue weighted by atomic mass is 10.1. The van der Waals surface area contributed by atoms with Crippen molar-refractivity contribution < 1.29 is 19.2 Å². The molecule has 3 rings (SSSR count). The Morgan fingerprint density at radius 2 is 2.04 bits per heavy atom. The molecule has 0 bridgehead atoms. The average molecular weight is 345 g/mol. The molecule has 2 heterocycles. The second-order valence-electron chi connectivity index (χ2n) is 6.12. The minimum atomic E-state index is -0.647. The molecule has 25 heavy (non-hydrogen) atoms. The molecular formula is C18H23N3O4. The lowest BCUT2D eigenvalue weighted by Gasteiger charge is -2.25. The van der Waals surface area contributed by atoms with Crippen molar-refractivity contribution in [2.75, 3.05) is 32.8 Å². The van der Waals surface area contributed by atoms with Gasteiger partial charge in [-0.15, -0.1) is 0 Å². The van der Waals surface area contributed by atoms with Gasteiger partial charge >= 0.3 is 0 Å². The number of aromatic nitrogens is 1. The summed E-state index contributed by atoms with van der Waals surface area (Å²) in [4.78, 5) is 14.3. The van der Waals surface area contributed by atoms with Gasteiger partial charge in [0.25, 0.3) is 5.91 Å². The molecule has 1 atom stereocenters. The van der Waals surface area contributed by atoms with E-state index >= 15 is 0 Å². The van der Waals surface area contributed by atoms with Crippen LogP contribution in [0.15, 0.2) is 40.9 Å². The largest absolute Gasteiger partial charge is 0.391 e. The van der Waals surface area contributed by atoms with Gasteiger partial charge in [-0.05, 0) is 5.56 Å². The van der Waals surface area contributed by atoms with E-state index in [1.54, 1.807) is 6.07 Å². The maximum Gasteiger partial charge on any atom is 0.273 e. The van der Waals surface area contributed by atoms with Crippen LogP contribution in [-0.4, -0.2) is 60.0 Å². The maximum atomic E-state index is 12.1. The second-order valence-corrected chi connectivity index (χ2v) is 6.12. The molecule has 1 fully saturated rings. The molecule has 2 aromatic rings. The zero-order valence-electron chi connectivity index (χ0n) is 14.1. The van der Waals surface area contributed by atoms with Gasteiger partial charge in [-0.3, -0.25) is 9.69 Å². The lowest BCUT2D eigenvalue weighted by molar-refractivity contribution is 0.0305. The number of morpholine rings is 1. The third kappa shape index (κ3) is 5.38. The highest BCUT2D eigenvalue weighted by Crippen LogP contribution is 2.09. The van der Waals surface area contributed by atoms with Gasteiger partial charge in [-0.2, -0.15) is 0 Å². The number of hydrogen-bond acceptors (Lipinski definition) is 6. The molecule has 0 unspecified atom stereocenters. The fourth-order valence-electron chi connectivity index (χ4n) is 2.73. The zero-order valence-corrected chi connectivity index (χ0v) is 14.1. The van der Waals surface area contributed by atoms with Gasteiger partial charge in [-0.25, -0.2) is 0 Å². The molecule has 2 N–H and O–H groups in total. The molecule has 1 aliphatic rings. The van der Waals surface area contributed by atoms with E-state index in [-0.39, 0.29) is 18.1 Å². The fourth-order valence-corrected chi connectivity index (χ4v) is 2.73. The van der Waals surface area contributed by atoms with Crippen LogP contribution in [0.4, 0.5) is 0 Å². The quantitative estimate of drug-likeness (QED) is 0.773. The highest BCUT2D eigenvalue weighted by atomic mass is 16.5. The Balaban J connectivity index is 1.45. The van der Waals surface area contributed by atoms with E-state index < -0.39 is 6.10 Å². The number of amides is 1. The van der Waals surface area contributed by atoms with Crippen molar-refractivity contribution in [1.29, 1.82) is 0 Å². The summed E-state index contributed by atoms with van der Waals surface area (Å²) in [6.07, 6.45) is -0.159. The number of hydrogen-bond donors (Lipinski definition) is 2. The van der Waals surface area contributed by atoms with Crippen molar-refractivity contribution in [3.05, 3.63) is 53.4 Å². The Hall–Kier alpha value is -2.22. The van der Waals surface area contributed by atoms with E-state index in [1.807, 2.05) is 30.3 Å². The van der Waals surface area contributed by atoms with Crippen LogP contribution in [0, 0.1) is 0 Å². The Morgan fingerprint density at radius 3 is 2.80 bits per heavy atom. The summed E-state index contributed by atoms with van der Waals surface area (Å²) in [5.74, 6) is 0.306. The van der Waals surface area contributed by atoms with Crippen LogP contribution in [-0.2, 0) is 17.7 Å². The molecule has 0 spiro atoms. The van der Waals surface area contributed by atoms with Crippen molar-refractivity contribution >= 4 is 5.91 Å². The predicted molar refractivity (Wildman–Crippen MR) is 91.1 cm³/mol. The van der Waals surface area contributed by atoms with Crippen LogP contribution in [0.2, 0.25) is 0 Å². The molecule has 0 radical (unpaired) electrons. The van der Waals surface area contributed by atoms with E-state index in [9.17, 15) is 9.90 Å². The first-order chi connectivity index (χ1) is 12.2. The number of nitrogens with one attached hydrogen (secondary N) is 1. The Labute approximate surface area is 146 Å². The number of carbonyl (C=O) groups is 1. The average Bonchev–Trinajstić information content (AvgIpc) is 3.10. The van der Waals surface area contributed by atoms with Gasteiger partial charge in [0, 0.05) is 32.1 Å². The summed E-state index contributed by atoms with van der Waals surface area (Å²) in [7, 11) is 0. The summed E-state index contributed by atoms with van der Waals surface area (Å²) >= 11 is 0. The zero-order chi connectivity index (χ0) is 17.5. The topological polar surface area (TPSA) is 87.8 Å². The van der Waals surface area contributed by atoms with Gasteiger partial charge in [-0.1, -0.05) is 35.5 Å². The van der Waals surface area contributed by atoms with E-state index in [2.05, 4.69) is 15.4 Å². The molecule has 134 valence electrons. The van der Waals surface area contributed by atoms with Crippen LogP contribution in [0.1, 0.15) is 21.8 Å². The smallest absolute Gasteiger partial charge is 0.273 e. The van der Waals surface area contributed by atoms with Crippen molar-refractivity contribution in [2.24, 2.45) is 0 Å². The molecule has 0 saturated carbocycles. The summed E-state index contributed by atoms with van der Waals surface area (Å²) in [6, 6.07) is 11.3. The number of ether oxygens (including phenoxy) is 1. The minimum Gasteiger partial charge on any atom is -0.391 e. The van der Waals surface area contributed by atoms with E-state index in [0.29, 0.717) is 31.9 Å². The molecule has 1 saturated heterocycles. The fraction of sp³-hybridized carbons (Fsp3) is 0.444. The maximum absolute atomic E-state index is 12.1. The third-order valence-corrected chi connectivity index (χ3v) is 4.09. The number of carbonyl (C=O) groups excluding carboxylic acids is 1. The molecule has 1 aliphatic heterocycles. The van der Waals surface area contributed by atoms with Gasteiger partial charge < -0.3 is 19.7 Å². The standard InChI is InChI=1S/C18H23N3O4/c22-15(10-14-4-2-1-3-5-14)12-19-18(23)17-11-16(25-20-17)13-21-6-8-24-9-7-21/h1-5,11,15,22H,6-10,12-13H2,(H,19,23)/t15-/m1/s1. The molecular weight excluding hydrogens is 322 g/mol. The first kappa shape index (κ1) is 17.6. The van der Waals surface area contributed by atoms with Gasteiger partial charge in [0.1, 0.15) is 0 Å². The molecule has 1 aromatic carbocycles. The Kier molecular flexibility index (Phi) is 6.16. The van der Waals surface area contributed by atoms with Crippen LogP contribution >= 0.6 is 0 Å². The molecule has 7 nitrogen and oxygen atoms in total. The van der Waals surface area contributed by atoms with E-state index in [1.165, 1.54) is 0 Å². The number of aliphatic hydroxyl groups excluding tert-OH is 1. The highest BCUT2D eigenvalue weighted by Gasteiger charge is 2.17. The van der Waals surface area contributed by atoms with E-state index in [0.717, 1.165) is 18.7 Å². The number of benzene rings is 1. The predicted octanol–water partition coefficient (Wildman–Crippen LogP) is 0.840. The summed E-state index contributed by atoms with van der Waals surface area (Å²) < 4.78 is 10.5. The lowest BCUT2D eigenvalue weighted by Crippen LogP contribution is -2.35. The minimum absolute atomic E-state index is 0.166. The normalized spacial score (nSPS) is 16.5. The van der Waals surface area contributed by atoms with Crippen molar-refractivity contribution in [1.82, 2.24) is 15.4 Å². The third-order valence-electron chi connectivity index (χ3n) is 4.09. The van der Waals surface area contributed by atoms with Crippen molar-refractivity contribution in [2.45, 2.75) is 19.1 Å². The molecule has 0 aliphatic carbocycles. The van der Waals surface area contributed by atoms with Crippen LogP contribution in [0.5, 0.6) is 0 Å². The molecule has 7 heteroatoms. The number of nitrogens with zero attached hydrogens (tertiary/aromatic N) is 2. The SMILES string of the molecule is O=C(NC[C@H](O)Cc1ccccc1)c1cc(CN2CCOCC2)on1. The van der Waals surface area contributed by atoms with Crippen LogP contribution in [0.3, 0.4) is 0 Å². The summed E-state index contributed by atoms with van der Waals surface area (Å²) in [5, 5.41) is 16.6.